The molecule has 1 aliphatic heterocycles. The Bertz CT molecular complexity index is 389. The van der Waals surface area contributed by atoms with Gasteiger partial charge in [0.2, 0.25) is 0 Å². The largest absolute Gasteiger partial charge is 0.367 e. The third-order valence-corrected chi connectivity index (χ3v) is 3.35. The summed E-state index contributed by atoms with van der Waals surface area (Å²) in [6.07, 6.45) is 2.38. The van der Waals surface area contributed by atoms with Crippen LogP contribution in [-0.2, 0) is 16.0 Å². The number of hydrogen-bond acceptors (Lipinski definition) is 2. The standard InChI is InChI=1S/C13H15BrO2/c1-9-5-6-13(16-9)12(15)8-10-3-2-4-11(14)7-10/h2-4,7,9,13H,5-6,8H2,1H3. The molecule has 0 saturated carbocycles. The summed E-state index contributed by atoms with van der Waals surface area (Å²) in [5.41, 5.74) is 1.04. The fraction of sp³-hybridized carbons (Fsp3) is 0.462. The van der Waals surface area contributed by atoms with Gasteiger partial charge in [0.25, 0.3) is 0 Å². The van der Waals surface area contributed by atoms with Crippen molar-refractivity contribution in [2.24, 2.45) is 0 Å². The average Bonchev–Trinajstić information content (AvgIpc) is 2.65. The summed E-state index contributed by atoms with van der Waals surface area (Å²) < 4.78 is 6.58. The highest BCUT2D eigenvalue weighted by atomic mass is 79.9. The molecule has 1 heterocycles. The molecular weight excluding hydrogens is 268 g/mol. The van der Waals surface area contributed by atoms with E-state index in [9.17, 15) is 4.79 Å². The van der Waals surface area contributed by atoms with Crippen molar-refractivity contribution in [2.45, 2.75) is 38.4 Å². The first-order valence-corrected chi connectivity index (χ1v) is 6.37. The van der Waals surface area contributed by atoms with Crippen LogP contribution in [0.1, 0.15) is 25.3 Å². The van der Waals surface area contributed by atoms with Crippen LogP contribution in [0.4, 0.5) is 0 Å². The predicted octanol–water partition coefficient (Wildman–Crippen LogP) is 3.13. The van der Waals surface area contributed by atoms with Crippen molar-refractivity contribution >= 4 is 21.7 Å². The van der Waals surface area contributed by atoms with Gasteiger partial charge in [-0.05, 0) is 37.5 Å². The molecule has 0 N–H and O–H groups in total. The summed E-state index contributed by atoms with van der Waals surface area (Å²) in [6, 6.07) is 7.87. The molecule has 2 unspecified atom stereocenters. The Balaban J connectivity index is 1.97. The molecule has 0 spiro atoms. The molecule has 1 fully saturated rings. The molecule has 0 aliphatic carbocycles. The first kappa shape index (κ1) is 11.8. The zero-order valence-corrected chi connectivity index (χ0v) is 10.9. The van der Waals surface area contributed by atoms with Crippen LogP contribution in [-0.4, -0.2) is 18.0 Å². The third-order valence-electron chi connectivity index (χ3n) is 2.86. The Labute approximate surface area is 104 Å². The summed E-state index contributed by atoms with van der Waals surface area (Å²) in [6.45, 7) is 2.02. The molecule has 0 aromatic heterocycles. The number of carbonyl (C=O) groups is 1. The average molecular weight is 283 g/mol. The van der Waals surface area contributed by atoms with Crippen LogP contribution in [0.25, 0.3) is 0 Å². The van der Waals surface area contributed by atoms with Crippen LogP contribution in [0.15, 0.2) is 28.7 Å². The number of carbonyl (C=O) groups excluding carboxylic acids is 1. The summed E-state index contributed by atoms with van der Waals surface area (Å²) in [7, 11) is 0. The number of Topliss-reactive ketones (excluding diaryl/α,β-unsaturated/α-hetero) is 1. The van der Waals surface area contributed by atoms with Crippen molar-refractivity contribution < 1.29 is 9.53 Å². The van der Waals surface area contributed by atoms with Gasteiger partial charge in [-0.25, -0.2) is 0 Å². The summed E-state index contributed by atoms with van der Waals surface area (Å²) in [5.74, 6) is 0.197. The lowest BCUT2D eigenvalue weighted by Gasteiger charge is -2.09. The van der Waals surface area contributed by atoms with Crippen LogP contribution in [0.3, 0.4) is 0 Å². The van der Waals surface area contributed by atoms with Gasteiger partial charge in [-0.15, -0.1) is 0 Å². The SMILES string of the molecule is CC1CCC(C(=O)Cc2cccc(Br)c2)O1. The second-order valence-corrected chi connectivity index (χ2v) is 5.20. The Morgan fingerprint density at radius 1 is 1.50 bits per heavy atom. The maximum atomic E-state index is 11.9. The Kier molecular flexibility index (Phi) is 3.77. The number of ether oxygens (including phenoxy) is 1. The van der Waals surface area contributed by atoms with E-state index in [2.05, 4.69) is 15.9 Å². The van der Waals surface area contributed by atoms with E-state index in [-0.39, 0.29) is 18.0 Å². The van der Waals surface area contributed by atoms with Gasteiger partial charge in [-0.2, -0.15) is 0 Å². The van der Waals surface area contributed by atoms with E-state index in [1.54, 1.807) is 0 Å². The second-order valence-electron chi connectivity index (χ2n) is 4.29. The molecule has 0 bridgehead atoms. The van der Waals surface area contributed by atoms with Gasteiger partial charge in [0.1, 0.15) is 6.10 Å². The van der Waals surface area contributed by atoms with Gasteiger partial charge in [-0.3, -0.25) is 4.79 Å². The first-order valence-electron chi connectivity index (χ1n) is 5.58. The van der Waals surface area contributed by atoms with Gasteiger partial charge < -0.3 is 4.74 Å². The van der Waals surface area contributed by atoms with Crippen LogP contribution in [0.2, 0.25) is 0 Å². The molecule has 1 aliphatic rings. The Morgan fingerprint density at radius 3 is 2.94 bits per heavy atom. The van der Waals surface area contributed by atoms with E-state index < -0.39 is 0 Å². The minimum atomic E-state index is -0.186. The van der Waals surface area contributed by atoms with E-state index in [4.69, 9.17) is 4.74 Å². The fourth-order valence-corrected chi connectivity index (χ4v) is 2.45. The topological polar surface area (TPSA) is 26.3 Å². The Morgan fingerprint density at radius 2 is 2.31 bits per heavy atom. The lowest BCUT2D eigenvalue weighted by Crippen LogP contribution is -2.22. The zero-order chi connectivity index (χ0) is 11.5. The number of halogens is 1. The molecule has 1 aromatic carbocycles. The van der Waals surface area contributed by atoms with Gasteiger partial charge in [0, 0.05) is 10.9 Å². The molecule has 0 radical (unpaired) electrons. The lowest BCUT2D eigenvalue weighted by atomic mass is 10.0. The molecule has 2 rings (SSSR count). The van der Waals surface area contributed by atoms with E-state index in [1.807, 2.05) is 31.2 Å². The second kappa shape index (κ2) is 5.11. The lowest BCUT2D eigenvalue weighted by molar-refractivity contribution is -0.128. The van der Waals surface area contributed by atoms with E-state index in [0.717, 1.165) is 22.9 Å². The molecule has 86 valence electrons. The molecule has 2 nitrogen and oxygen atoms in total. The third kappa shape index (κ3) is 2.92. The smallest absolute Gasteiger partial charge is 0.165 e. The predicted molar refractivity (Wildman–Crippen MR) is 66.4 cm³/mol. The minimum Gasteiger partial charge on any atom is -0.367 e. The number of hydrogen-bond donors (Lipinski definition) is 0. The van der Waals surface area contributed by atoms with Crippen LogP contribution in [0.5, 0.6) is 0 Å². The highest BCUT2D eigenvalue weighted by molar-refractivity contribution is 9.10. The van der Waals surface area contributed by atoms with Gasteiger partial charge in [-0.1, -0.05) is 28.1 Å². The number of benzene rings is 1. The number of rotatable bonds is 3. The summed E-state index contributed by atoms with van der Waals surface area (Å²) >= 11 is 3.40. The molecule has 3 heteroatoms. The molecule has 1 aromatic rings. The zero-order valence-electron chi connectivity index (χ0n) is 9.28. The first-order chi connectivity index (χ1) is 7.65. The van der Waals surface area contributed by atoms with Crippen LogP contribution in [0, 0.1) is 0 Å². The van der Waals surface area contributed by atoms with Crippen molar-refractivity contribution in [1.82, 2.24) is 0 Å². The van der Waals surface area contributed by atoms with Crippen LogP contribution < -0.4 is 0 Å². The van der Waals surface area contributed by atoms with E-state index in [0.29, 0.717) is 6.42 Å². The van der Waals surface area contributed by atoms with Gasteiger partial charge in [0.05, 0.1) is 6.10 Å². The van der Waals surface area contributed by atoms with Gasteiger partial charge in [0.15, 0.2) is 5.78 Å². The molecule has 2 atom stereocenters. The summed E-state index contributed by atoms with van der Waals surface area (Å²) in [4.78, 5) is 11.9. The number of ketones is 1. The summed E-state index contributed by atoms with van der Waals surface area (Å²) in [5, 5.41) is 0. The monoisotopic (exact) mass is 282 g/mol. The van der Waals surface area contributed by atoms with Crippen molar-refractivity contribution in [2.75, 3.05) is 0 Å². The van der Waals surface area contributed by atoms with Gasteiger partial charge >= 0.3 is 0 Å². The molecule has 0 amide bonds. The molecule has 16 heavy (non-hydrogen) atoms. The maximum Gasteiger partial charge on any atom is 0.165 e. The maximum absolute atomic E-state index is 11.9. The Hall–Kier alpha value is -0.670. The van der Waals surface area contributed by atoms with Crippen molar-refractivity contribution in [3.05, 3.63) is 34.3 Å². The highest BCUT2D eigenvalue weighted by Crippen LogP contribution is 2.21. The van der Waals surface area contributed by atoms with E-state index >= 15 is 0 Å². The molecule has 1 saturated heterocycles. The highest BCUT2D eigenvalue weighted by Gasteiger charge is 2.27. The van der Waals surface area contributed by atoms with Crippen molar-refractivity contribution in [3.63, 3.8) is 0 Å². The quantitative estimate of drug-likeness (QED) is 0.852. The van der Waals surface area contributed by atoms with Crippen molar-refractivity contribution in [3.8, 4) is 0 Å². The normalized spacial score (nSPS) is 24.6. The fourth-order valence-electron chi connectivity index (χ4n) is 2.00. The van der Waals surface area contributed by atoms with E-state index in [1.165, 1.54) is 0 Å². The minimum absolute atomic E-state index is 0.186. The van der Waals surface area contributed by atoms with Crippen LogP contribution >= 0.6 is 15.9 Å². The van der Waals surface area contributed by atoms with Crippen molar-refractivity contribution in [1.29, 1.82) is 0 Å². The molecular formula is C13H15BrO2.